The molecule has 8 heteroatoms. The third-order valence-corrected chi connectivity index (χ3v) is 8.53. The zero-order chi connectivity index (χ0) is 29.5. The van der Waals surface area contributed by atoms with E-state index >= 15 is 0 Å². The third kappa shape index (κ3) is 8.84. The number of benzene rings is 1. The molecule has 1 saturated heterocycles. The van der Waals surface area contributed by atoms with Crippen LogP contribution in [0.3, 0.4) is 0 Å². The molecule has 3 unspecified atom stereocenters. The van der Waals surface area contributed by atoms with Crippen LogP contribution in [0.2, 0.25) is 0 Å². The molecule has 1 fully saturated rings. The smallest absolute Gasteiger partial charge is 0.308 e. The fraction of sp³-hybridized carbons (Fsp3) is 0.750. The molecule has 0 saturated carbocycles. The summed E-state index contributed by atoms with van der Waals surface area (Å²) in [5.41, 5.74) is 0.915. The van der Waals surface area contributed by atoms with Crippen molar-refractivity contribution in [2.45, 2.75) is 84.6 Å². The summed E-state index contributed by atoms with van der Waals surface area (Å²) < 4.78 is 12.0. The van der Waals surface area contributed by atoms with E-state index in [1.54, 1.807) is 0 Å². The van der Waals surface area contributed by atoms with Crippen molar-refractivity contribution in [3.8, 4) is 11.5 Å². The second-order valence-electron chi connectivity index (χ2n) is 13.7. The van der Waals surface area contributed by atoms with Gasteiger partial charge in [-0.05, 0) is 55.2 Å². The van der Waals surface area contributed by atoms with Crippen LogP contribution in [0.25, 0.3) is 0 Å². The van der Waals surface area contributed by atoms with E-state index in [0.29, 0.717) is 18.0 Å². The van der Waals surface area contributed by atoms with Crippen LogP contribution in [0.1, 0.15) is 84.1 Å². The number of carboxylic acids is 1. The first-order chi connectivity index (χ1) is 18.8. The number of carbonyl (C=O) groups is 2. The first-order valence-electron chi connectivity index (χ1n) is 15.3. The van der Waals surface area contributed by atoms with Crippen LogP contribution < -0.4 is 9.47 Å². The van der Waals surface area contributed by atoms with E-state index in [4.69, 9.17) is 9.47 Å². The largest absolute Gasteiger partial charge is 0.481 e. The van der Waals surface area contributed by atoms with Gasteiger partial charge in [-0.3, -0.25) is 14.5 Å². The summed E-state index contributed by atoms with van der Waals surface area (Å²) in [6.45, 7) is 12.4. The molecule has 1 N–H and O–H groups in total. The maximum atomic E-state index is 13.8. The van der Waals surface area contributed by atoms with E-state index in [-0.39, 0.29) is 36.6 Å². The summed E-state index contributed by atoms with van der Waals surface area (Å²) in [5.74, 6) is -0.142. The molecule has 8 nitrogen and oxygen atoms in total. The van der Waals surface area contributed by atoms with Crippen LogP contribution in [-0.2, 0) is 9.59 Å². The lowest BCUT2D eigenvalue weighted by molar-refractivity contribution is -0.870. The van der Waals surface area contributed by atoms with Crippen molar-refractivity contribution in [1.29, 1.82) is 0 Å². The number of unbranched alkanes of at least 4 members (excludes halogenated alkanes) is 2. The topological polar surface area (TPSA) is 79.3 Å². The number of rotatable bonds is 16. The molecule has 1 aromatic carbocycles. The van der Waals surface area contributed by atoms with Gasteiger partial charge in [0, 0.05) is 31.6 Å². The Labute approximate surface area is 242 Å². The fourth-order valence-electron chi connectivity index (χ4n) is 6.45. The van der Waals surface area contributed by atoms with Gasteiger partial charge in [0.1, 0.15) is 0 Å². The molecule has 0 aromatic heterocycles. The summed E-state index contributed by atoms with van der Waals surface area (Å²) >= 11 is 0. The Kier molecular flexibility index (Phi) is 11.3. The van der Waals surface area contributed by atoms with Crippen molar-refractivity contribution in [1.82, 2.24) is 9.80 Å². The van der Waals surface area contributed by atoms with Gasteiger partial charge in [-0.1, -0.05) is 46.6 Å². The number of fused-ring (bicyclic) bond motifs is 1. The lowest BCUT2D eigenvalue weighted by Crippen LogP contribution is -2.46. The first-order valence-corrected chi connectivity index (χ1v) is 15.3. The van der Waals surface area contributed by atoms with Crippen LogP contribution in [0.5, 0.6) is 11.5 Å². The van der Waals surface area contributed by atoms with Gasteiger partial charge in [0.15, 0.2) is 11.5 Å². The zero-order valence-electron chi connectivity index (χ0n) is 26.1. The maximum absolute atomic E-state index is 13.8. The van der Waals surface area contributed by atoms with E-state index in [1.807, 2.05) is 23.1 Å². The van der Waals surface area contributed by atoms with Gasteiger partial charge in [-0.15, -0.1) is 0 Å². The molecule has 3 atom stereocenters. The lowest BCUT2D eigenvalue weighted by atomic mass is 9.76. The van der Waals surface area contributed by atoms with Gasteiger partial charge >= 0.3 is 5.97 Å². The van der Waals surface area contributed by atoms with Crippen molar-refractivity contribution in [3.63, 3.8) is 0 Å². The van der Waals surface area contributed by atoms with Gasteiger partial charge in [0.2, 0.25) is 12.7 Å². The molecule has 226 valence electrons. The van der Waals surface area contributed by atoms with Crippen LogP contribution in [-0.4, -0.2) is 98.0 Å². The van der Waals surface area contributed by atoms with Crippen molar-refractivity contribution in [2.75, 3.05) is 60.7 Å². The van der Waals surface area contributed by atoms with E-state index in [9.17, 15) is 14.7 Å². The molecular weight excluding hydrogens is 506 g/mol. The molecule has 0 radical (unpaired) electrons. The van der Waals surface area contributed by atoms with Gasteiger partial charge < -0.3 is 24.0 Å². The fourth-order valence-corrected chi connectivity index (χ4v) is 6.45. The molecular formula is C32H54N3O5+. The Balaban J connectivity index is 1.84. The van der Waals surface area contributed by atoms with E-state index in [1.165, 1.54) is 0 Å². The summed E-state index contributed by atoms with van der Waals surface area (Å²) in [4.78, 5) is 30.9. The Morgan fingerprint density at radius 3 is 2.40 bits per heavy atom. The van der Waals surface area contributed by atoms with Crippen LogP contribution in [0, 0.1) is 11.3 Å². The lowest BCUT2D eigenvalue weighted by Gasteiger charge is -2.35. The van der Waals surface area contributed by atoms with Crippen LogP contribution >= 0.6 is 0 Å². The van der Waals surface area contributed by atoms with Crippen molar-refractivity contribution >= 4 is 11.9 Å². The number of hydrogen-bond acceptors (Lipinski definition) is 5. The summed E-state index contributed by atoms with van der Waals surface area (Å²) in [5, 5.41) is 10.5. The average Bonchev–Trinajstić information content (AvgIpc) is 3.46. The van der Waals surface area contributed by atoms with Crippen molar-refractivity contribution < 1.29 is 28.7 Å². The normalized spacial score (nSPS) is 21.1. The minimum atomic E-state index is -0.793. The molecule has 1 amide bonds. The molecule has 3 rings (SSSR count). The van der Waals surface area contributed by atoms with Crippen LogP contribution in [0.15, 0.2) is 18.2 Å². The SMILES string of the molecule is CCCCN(CCCC[N+](C)(C)C)C(=O)CN1CC(c2ccc3c(c2)OCO3)C(C(=O)O)C1CC(C)(C)CCC. The standard InChI is InChI=1S/C32H53N3O5/c1-8-10-16-33(17-11-12-18-35(5,6)7)29(36)22-34-21-25(24-13-14-27-28(19-24)40-23-39-27)30(31(37)38)26(34)20-32(3,4)15-9-2/h13-14,19,25-26,30H,8-12,15-18,20-23H2,1-7H3/p+1. The van der Waals surface area contributed by atoms with E-state index < -0.39 is 11.9 Å². The Bertz CT molecular complexity index is 989. The molecule has 2 aliphatic heterocycles. The summed E-state index contributed by atoms with van der Waals surface area (Å²) in [6, 6.07) is 5.56. The Hall–Kier alpha value is -2.32. The second-order valence-corrected chi connectivity index (χ2v) is 13.7. The minimum absolute atomic E-state index is 0.0225. The van der Waals surface area contributed by atoms with Gasteiger partial charge in [0.05, 0.1) is 40.2 Å². The highest BCUT2D eigenvalue weighted by Gasteiger charge is 2.49. The molecule has 40 heavy (non-hydrogen) atoms. The van der Waals surface area contributed by atoms with Gasteiger partial charge in [0.25, 0.3) is 0 Å². The predicted molar refractivity (Wildman–Crippen MR) is 159 cm³/mol. The molecule has 0 aliphatic carbocycles. The third-order valence-electron chi connectivity index (χ3n) is 8.53. The number of amides is 1. The number of quaternary nitrogens is 1. The second kappa shape index (κ2) is 14.0. The Morgan fingerprint density at radius 1 is 1.05 bits per heavy atom. The van der Waals surface area contributed by atoms with Crippen molar-refractivity contribution in [3.05, 3.63) is 23.8 Å². The van der Waals surface area contributed by atoms with E-state index in [2.05, 4.69) is 53.7 Å². The highest BCUT2D eigenvalue weighted by molar-refractivity contribution is 5.79. The molecule has 0 bridgehead atoms. The molecule has 0 spiro atoms. The zero-order valence-corrected chi connectivity index (χ0v) is 26.1. The average molecular weight is 561 g/mol. The van der Waals surface area contributed by atoms with Crippen molar-refractivity contribution in [2.24, 2.45) is 11.3 Å². The number of hydrogen-bond donors (Lipinski definition) is 1. The minimum Gasteiger partial charge on any atom is -0.481 e. The number of likely N-dealkylation sites (tertiary alicyclic amines) is 1. The monoisotopic (exact) mass is 560 g/mol. The number of carbonyl (C=O) groups excluding carboxylic acids is 1. The Morgan fingerprint density at radius 2 is 1.75 bits per heavy atom. The highest BCUT2D eigenvalue weighted by atomic mass is 16.7. The van der Waals surface area contributed by atoms with Gasteiger partial charge in [-0.2, -0.15) is 0 Å². The number of ether oxygens (including phenoxy) is 2. The quantitative estimate of drug-likeness (QED) is 0.221. The molecule has 2 aliphatic rings. The first kappa shape index (κ1) is 32.2. The highest BCUT2D eigenvalue weighted by Crippen LogP contribution is 2.45. The number of aliphatic carboxylic acids is 1. The summed E-state index contributed by atoms with van der Waals surface area (Å²) in [7, 11) is 6.59. The molecule has 2 heterocycles. The maximum Gasteiger partial charge on any atom is 0.308 e. The van der Waals surface area contributed by atoms with E-state index in [0.717, 1.165) is 74.6 Å². The molecule has 1 aromatic rings. The number of nitrogens with zero attached hydrogens (tertiary/aromatic N) is 3. The summed E-state index contributed by atoms with van der Waals surface area (Å²) in [6.07, 6.45) is 6.87. The predicted octanol–water partition coefficient (Wildman–Crippen LogP) is 5.22. The van der Waals surface area contributed by atoms with Crippen LogP contribution in [0.4, 0.5) is 0 Å². The van der Waals surface area contributed by atoms with Gasteiger partial charge in [-0.25, -0.2) is 0 Å². The number of carboxylic acid groups (broad SMARTS) is 1.